The maximum absolute atomic E-state index is 12.5. The third kappa shape index (κ3) is 63.8. The van der Waals surface area contributed by atoms with Crippen molar-refractivity contribution in [3.63, 3.8) is 0 Å². The minimum Gasteiger partial charge on any atom is -0.466 e. The number of allylic oxidation sites excluding steroid dienone is 2. The van der Waals surface area contributed by atoms with Crippen molar-refractivity contribution >= 4 is 11.9 Å². The average Bonchev–Trinajstić information content (AvgIpc) is 3.44. The van der Waals surface area contributed by atoms with E-state index >= 15 is 0 Å². The normalized spacial score (nSPS) is 12.5. The van der Waals surface area contributed by atoms with Crippen molar-refractivity contribution in [2.75, 3.05) is 13.2 Å². The molecule has 0 rings (SSSR count). The van der Waals surface area contributed by atoms with Crippen LogP contribution in [0.3, 0.4) is 0 Å². The fraction of sp³-hybridized carbons (Fsp3) is 0.944. The van der Waals surface area contributed by atoms with Crippen molar-refractivity contribution in [1.29, 1.82) is 0 Å². The van der Waals surface area contributed by atoms with Gasteiger partial charge in [0.1, 0.15) is 0 Å². The fourth-order valence-corrected chi connectivity index (χ4v) is 11.6. The zero-order valence-corrected chi connectivity index (χ0v) is 53.2. The lowest BCUT2D eigenvalue weighted by Gasteiger charge is -2.22. The van der Waals surface area contributed by atoms with Crippen LogP contribution in [-0.2, 0) is 14.3 Å². The van der Waals surface area contributed by atoms with Gasteiger partial charge in [-0.3, -0.25) is 9.59 Å². The predicted octanol–water partition coefficient (Wildman–Crippen LogP) is 23.1. The molecule has 0 fully saturated rings. The number of aliphatic hydroxyl groups is 2. The molecular formula is C72H141NO5. The highest BCUT2D eigenvalue weighted by Gasteiger charge is 2.20. The van der Waals surface area contributed by atoms with E-state index in [4.69, 9.17) is 4.74 Å². The van der Waals surface area contributed by atoms with Gasteiger partial charge in [0.05, 0.1) is 25.4 Å². The molecule has 3 N–H and O–H groups in total. The lowest BCUT2D eigenvalue weighted by molar-refractivity contribution is -0.143. The van der Waals surface area contributed by atoms with Gasteiger partial charge in [0.2, 0.25) is 5.91 Å². The fourth-order valence-electron chi connectivity index (χ4n) is 11.6. The zero-order valence-electron chi connectivity index (χ0n) is 53.2. The van der Waals surface area contributed by atoms with Crippen LogP contribution in [0.4, 0.5) is 0 Å². The van der Waals surface area contributed by atoms with Crippen LogP contribution < -0.4 is 5.32 Å². The van der Waals surface area contributed by atoms with Crippen molar-refractivity contribution in [2.45, 2.75) is 424 Å². The van der Waals surface area contributed by atoms with E-state index in [2.05, 4.69) is 31.3 Å². The SMILES string of the molecule is CCCC/C=C\CCCCCCCC(=O)OCCCCCCCCCCCCCCCCCCCCCCCCCCCCCCCCCCCCCCCCCC(=O)NC(CO)C(O)CCCCCCCCCCCCC. The standard InChI is InChI=1S/C72H141NO5/c1-3-5-7-9-11-13-44-48-52-56-60-64-70(75)69(68-74)73-71(76)65-61-57-53-49-46-42-40-38-36-34-32-30-28-26-24-22-20-18-16-15-17-19-21-23-25-27-29-31-33-35-37-39-41-43-47-51-55-59-63-67-78-72(77)66-62-58-54-50-45-14-12-10-8-6-4-2/h10,12,69-70,74-75H,3-9,11,13-68H2,1-2H3,(H,73,76)/b12-10-. The molecule has 464 valence electrons. The molecule has 0 aromatic rings. The van der Waals surface area contributed by atoms with Crippen molar-refractivity contribution in [3.8, 4) is 0 Å². The largest absolute Gasteiger partial charge is 0.466 e. The maximum Gasteiger partial charge on any atom is 0.305 e. The number of esters is 1. The number of hydrogen-bond acceptors (Lipinski definition) is 5. The summed E-state index contributed by atoms with van der Waals surface area (Å²) in [6, 6.07) is -0.534. The van der Waals surface area contributed by atoms with Gasteiger partial charge in [-0.2, -0.15) is 0 Å². The van der Waals surface area contributed by atoms with Gasteiger partial charge in [-0.1, -0.05) is 366 Å². The highest BCUT2D eigenvalue weighted by molar-refractivity contribution is 5.76. The third-order valence-electron chi connectivity index (χ3n) is 17.1. The van der Waals surface area contributed by atoms with E-state index in [1.807, 2.05) is 0 Å². The van der Waals surface area contributed by atoms with E-state index in [0.717, 1.165) is 44.9 Å². The lowest BCUT2D eigenvalue weighted by atomic mass is 10.0. The molecule has 6 nitrogen and oxygen atoms in total. The van der Waals surface area contributed by atoms with E-state index in [-0.39, 0.29) is 18.5 Å². The summed E-state index contributed by atoms with van der Waals surface area (Å²) in [6.07, 6.45) is 84.4. The Morgan fingerprint density at radius 3 is 0.949 bits per heavy atom. The number of carbonyl (C=O) groups is 2. The van der Waals surface area contributed by atoms with Gasteiger partial charge in [0.15, 0.2) is 0 Å². The molecule has 0 saturated heterocycles. The van der Waals surface area contributed by atoms with Crippen molar-refractivity contribution < 1.29 is 24.5 Å². The van der Waals surface area contributed by atoms with Gasteiger partial charge in [0.25, 0.3) is 0 Å². The monoisotopic (exact) mass is 1100 g/mol. The smallest absolute Gasteiger partial charge is 0.305 e. The minimum absolute atomic E-state index is 0.0135. The summed E-state index contributed by atoms with van der Waals surface area (Å²) in [4.78, 5) is 24.5. The topological polar surface area (TPSA) is 95.9 Å². The molecule has 2 atom stereocenters. The van der Waals surface area contributed by atoms with Crippen molar-refractivity contribution in [3.05, 3.63) is 12.2 Å². The Bertz CT molecular complexity index is 1180. The van der Waals surface area contributed by atoms with Gasteiger partial charge in [-0.05, 0) is 44.9 Å². The van der Waals surface area contributed by atoms with Crippen LogP contribution in [-0.4, -0.2) is 47.4 Å². The first kappa shape index (κ1) is 76.6. The first-order chi connectivity index (χ1) is 38.5. The van der Waals surface area contributed by atoms with E-state index in [1.54, 1.807) is 0 Å². The highest BCUT2D eigenvalue weighted by Crippen LogP contribution is 2.20. The van der Waals surface area contributed by atoms with Crippen LogP contribution >= 0.6 is 0 Å². The first-order valence-corrected chi connectivity index (χ1v) is 35.9. The van der Waals surface area contributed by atoms with Crippen LogP contribution in [0.5, 0.6) is 0 Å². The van der Waals surface area contributed by atoms with E-state index in [0.29, 0.717) is 25.9 Å². The molecule has 1 amide bonds. The zero-order chi connectivity index (χ0) is 56.4. The molecule has 0 radical (unpaired) electrons. The van der Waals surface area contributed by atoms with Crippen LogP contribution in [0.25, 0.3) is 0 Å². The van der Waals surface area contributed by atoms with Crippen LogP contribution in [0.1, 0.15) is 412 Å². The second-order valence-electron chi connectivity index (χ2n) is 24.9. The van der Waals surface area contributed by atoms with E-state index < -0.39 is 12.1 Å². The Kier molecular flexibility index (Phi) is 66.9. The summed E-state index contributed by atoms with van der Waals surface area (Å²) in [6.45, 7) is 4.94. The minimum atomic E-state index is -0.657. The molecular weight excluding hydrogens is 959 g/mol. The summed E-state index contributed by atoms with van der Waals surface area (Å²) >= 11 is 0. The molecule has 0 heterocycles. The summed E-state index contributed by atoms with van der Waals surface area (Å²) in [7, 11) is 0. The summed E-state index contributed by atoms with van der Waals surface area (Å²) < 4.78 is 5.47. The van der Waals surface area contributed by atoms with Gasteiger partial charge in [0, 0.05) is 12.8 Å². The molecule has 0 aromatic carbocycles. The Hall–Kier alpha value is -1.40. The summed E-state index contributed by atoms with van der Waals surface area (Å²) in [5.74, 6) is -0.0140. The molecule has 0 saturated carbocycles. The van der Waals surface area contributed by atoms with Crippen LogP contribution in [0.2, 0.25) is 0 Å². The molecule has 0 aromatic heterocycles. The van der Waals surface area contributed by atoms with Crippen molar-refractivity contribution in [2.24, 2.45) is 0 Å². The number of hydrogen-bond donors (Lipinski definition) is 3. The number of carbonyl (C=O) groups excluding carboxylic acids is 2. The number of rotatable bonds is 68. The van der Waals surface area contributed by atoms with Gasteiger partial charge in [-0.15, -0.1) is 0 Å². The Morgan fingerprint density at radius 1 is 0.346 bits per heavy atom. The van der Waals surface area contributed by atoms with Crippen LogP contribution in [0.15, 0.2) is 12.2 Å². The summed E-state index contributed by atoms with van der Waals surface area (Å²) in [5, 5.41) is 23.2. The number of amides is 1. The summed E-state index contributed by atoms with van der Waals surface area (Å²) in [5.41, 5.74) is 0. The second kappa shape index (κ2) is 68.1. The lowest BCUT2D eigenvalue weighted by Crippen LogP contribution is -2.45. The molecule has 0 bridgehead atoms. The molecule has 2 unspecified atom stereocenters. The average molecular weight is 1100 g/mol. The highest BCUT2D eigenvalue weighted by atomic mass is 16.5. The third-order valence-corrected chi connectivity index (χ3v) is 17.1. The Labute approximate surface area is 489 Å². The van der Waals surface area contributed by atoms with Gasteiger partial charge >= 0.3 is 5.97 Å². The molecule has 0 aliphatic carbocycles. The van der Waals surface area contributed by atoms with Crippen LogP contribution in [0, 0.1) is 0 Å². The van der Waals surface area contributed by atoms with Gasteiger partial charge < -0.3 is 20.3 Å². The number of aliphatic hydroxyl groups excluding tert-OH is 2. The number of ether oxygens (including phenoxy) is 1. The number of unbranched alkanes of at least 4 members (excludes halogenated alkanes) is 55. The quantitative estimate of drug-likeness (QED) is 0.0320. The first-order valence-electron chi connectivity index (χ1n) is 35.9. The maximum atomic E-state index is 12.5. The molecule has 78 heavy (non-hydrogen) atoms. The van der Waals surface area contributed by atoms with E-state index in [1.165, 1.54) is 334 Å². The molecule has 0 spiro atoms. The van der Waals surface area contributed by atoms with E-state index in [9.17, 15) is 19.8 Å². The second-order valence-corrected chi connectivity index (χ2v) is 24.9. The Balaban J connectivity index is 3.26. The Morgan fingerprint density at radius 2 is 0.615 bits per heavy atom. The molecule has 6 heteroatoms. The molecule has 0 aliphatic heterocycles. The van der Waals surface area contributed by atoms with Crippen molar-refractivity contribution in [1.82, 2.24) is 5.32 Å². The molecule has 0 aliphatic rings. The predicted molar refractivity (Wildman–Crippen MR) is 343 cm³/mol. The van der Waals surface area contributed by atoms with Gasteiger partial charge in [-0.25, -0.2) is 0 Å². The number of nitrogens with one attached hydrogen (secondary N) is 1.